The average Bonchev–Trinajstić information content (AvgIpc) is 3.23. The highest BCUT2D eigenvalue weighted by atomic mass is 32.2. The SMILES string of the molecule is COc1ccc(NC(=O)[C@@H](C)Sc2ncnc3c2sc2nc(CC(C)C)c4c(c23)CC(C)(C)OC4)cc1. The Morgan fingerprint density at radius 1 is 1.19 bits per heavy atom. The molecular weight excluding hydrogens is 504 g/mol. The smallest absolute Gasteiger partial charge is 0.237 e. The molecule has 0 aliphatic carbocycles. The highest BCUT2D eigenvalue weighted by Crippen LogP contribution is 2.43. The van der Waals surface area contributed by atoms with Crippen molar-refractivity contribution in [2.45, 2.75) is 69.9 Å². The molecule has 0 saturated heterocycles. The lowest BCUT2D eigenvalue weighted by Gasteiger charge is -2.33. The quantitative estimate of drug-likeness (QED) is 0.215. The molecule has 37 heavy (non-hydrogen) atoms. The number of rotatable bonds is 7. The summed E-state index contributed by atoms with van der Waals surface area (Å²) in [5.74, 6) is 1.15. The molecule has 0 fully saturated rings. The molecule has 0 radical (unpaired) electrons. The van der Waals surface area contributed by atoms with E-state index in [1.165, 1.54) is 22.9 Å². The van der Waals surface area contributed by atoms with Gasteiger partial charge in [0.05, 0.1) is 34.8 Å². The first kappa shape index (κ1) is 25.9. The average molecular weight is 537 g/mol. The highest BCUT2D eigenvalue weighted by molar-refractivity contribution is 8.00. The van der Waals surface area contributed by atoms with Gasteiger partial charge in [0.1, 0.15) is 21.9 Å². The first-order chi connectivity index (χ1) is 17.6. The van der Waals surface area contributed by atoms with Crippen molar-refractivity contribution in [3.63, 3.8) is 0 Å². The predicted molar refractivity (Wildman–Crippen MR) is 151 cm³/mol. The number of benzene rings is 1. The van der Waals surface area contributed by atoms with Crippen LogP contribution in [-0.2, 0) is 29.0 Å². The van der Waals surface area contributed by atoms with Gasteiger partial charge >= 0.3 is 0 Å². The first-order valence-corrected chi connectivity index (χ1v) is 14.2. The Bertz CT molecular complexity index is 1460. The third-order valence-electron chi connectivity index (χ3n) is 6.50. The number of thioether (sulfide) groups is 1. The molecule has 1 atom stereocenters. The lowest BCUT2D eigenvalue weighted by atomic mass is 9.88. The molecule has 3 aromatic heterocycles. The molecule has 5 rings (SSSR count). The van der Waals surface area contributed by atoms with Crippen LogP contribution in [0.25, 0.3) is 20.4 Å². The number of ether oxygens (including phenoxy) is 2. The number of amides is 1. The van der Waals surface area contributed by atoms with E-state index in [-0.39, 0.29) is 16.8 Å². The lowest BCUT2D eigenvalue weighted by molar-refractivity contribution is -0.115. The Morgan fingerprint density at radius 3 is 2.65 bits per heavy atom. The second-order valence-corrected chi connectivity index (χ2v) is 12.8. The second-order valence-electron chi connectivity index (χ2n) is 10.5. The number of thiophene rings is 1. The van der Waals surface area contributed by atoms with Crippen molar-refractivity contribution in [1.82, 2.24) is 15.0 Å². The number of methoxy groups -OCH3 is 1. The Morgan fingerprint density at radius 2 is 1.95 bits per heavy atom. The number of hydrogen-bond acceptors (Lipinski definition) is 8. The van der Waals surface area contributed by atoms with E-state index < -0.39 is 0 Å². The van der Waals surface area contributed by atoms with Crippen molar-refractivity contribution in [3.8, 4) is 5.75 Å². The number of aromatic nitrogens is 3. The summed E-state index contributed by atoms with van der Waals surface area (Å²) in [5.41, 5.74) is 5.02. The number of fused-ring (bicyclic) bond motifs is 5. The summed E-state index contributed by atoms with van der Waals surface area (Å²) in [6.45, 7) is 11.2. The molecule has 1 aliphatic rings. The summed E-state index contributed by atoms with van der Waals surface area (Å²) in [6.07, 6.45) is 3.32. The van der Waals surface area contributed by atoms with Gasteiger partial charge in [-0.2, -0.15) is 0 Å². The monoisotopic (exact) mass is 536 g/mol. The zero-order valence-electron chi connectivity index (χ0n) is 22.0. The minimum absolute atomic E-state index is 0.0864. The minimum atomic E-state index is -0.351. The molecule has 0 unspecified atom stereocenters. The van der Waals surface area contributed by atoms with E-state index in [2.05, 4.69) is 38.0 Å². The zero-order valence-corrected chi connectivity index (χ0v) is 23.7. The number of nitrogens with zero attached hydrogens (tertiary/aromatic N) is 3. The van der Waals surface area contributed by atoms with Crippen molar-refractivity contribution in [2.75, 3.05) is 12.4 Å². The van der Waals surface area contributed by atoms with E-state index in [0.717, 1.165) is 55.4 Å². The van der Waals surface area contributed by atoms with Crippen LogP contribution in [0.15, 0.2) is 35.6 Å². The lowest BCUT2D eigenvalue weighted by Crippen LogP contribution is -2.33. The van der Waals surface area contributed by atoms with Gasteiger partial charge in [0.25, 0.3) is 0 Å². The Hall–Kier alpha value is -2.75. The summed E-state index contributed by atoms with van der Waals surface area (Å²) >= 11 is 3.07. The van der Waals surface area contributed by atoms with Crippen molar-refractivity contribution < 1.29 is 14.3 Å². The van der Waals surface area contributed by atoms with E-state index in [9.17, 15) is 4.79 Å². The van der Waals surface area contributed by atoms with Crippen LogP contribution in [0.3, 0.4) is 0 Å². The number of carbonyl (C=O) groups is 1. The highest BCUT2D eigenvalue weighted by Gasteiger charge is 2.32. The van der Waals surface area contributed by atoms with Gasteiger partial charge in [0.2, 0.25) is 5.91 Å². The molecule has 7 nitrogen and oxygen atoms in total. The van der Waals surface area contributed by atoms with Crippen LogP contribution in [-0.4, -0.2) is 38.8 Å². The van der Waals surface area contributed by atoms with Crippen LogP contribution in [0.1, 0.15) is 51.4 Å². The predicted octanol–water partition coefficient (Wildman–Crippen LogP) is 6.42. The normalized spacial score (nSPS) is 15.6. The molecule has 1 amide bonds. The fourth-order valence-electron chi connectivity index (χ4n) is 4.63. The Kier molecular flexibility index (Phi) is 7.13. The minimum Gasteiger partial charge on any atom is -0.497 e. The maximum absolute atomic E-state index is 13.0. The van der Waals surface area contributed by atoms with Gasteiger partial charge in [-0.1, -0.05) is 25.6 Å². The van der Waals surface area contributed by atoms with Gasteiger partial charge in [0.15, 0.2) is 0 Å². The number of carbonyl (C=O) groups excluding carboxylic acids is 1. The van der Waals surface area contributed by atoms with Crippen molar-refractivity contribution in [1.29, 1.82) is 0 Å². The third-order valence-corrected chi connectivity index (χ3v) is 8.81. The summed E-state index contributed by atoms with van der Waals surface area (Å²) < 4.78 is 12.4. The van der Waals surface area contributed by atoms with Gasteiger partial charge in [-0.05, 0) is 62.9 Å². The van der Waals surface area contributed by atoms with Crippen LogP contribution in [0.5, 0.6) is 5.75 Å². The van der Waals surface area contributed by atoms with Crippen molar-refractivity contribution in [3.05, 3.63) is 47.4 Å². The summed E-state index contributed by atoms with van der Waals surface area (Å²) in [6, 6.07) is 7.31. The largest absolute Gasteiger partial charge is 0.497 e. The van der Waals surface area contributed by atoms with Crippen LogP contribution in [0.2, 0.25) is 0 Å². The Balaban J connectivity index is 1.50. The summed E-state index contributed by atoms with van der Waals surface area (Å²) in [5, 5.41) is 4.54. The molecule has 1 aromatic carbocycles. The number of pyridine rings is 1. The molecule has 0 saturated carbocycles. The molecular formula is C28H32N4O3S2. The van der Waals surface area contributed by atoms with Gasteiger partial charge in [-0.25, -0.2) is 15.0 Å². The van der Waals surface area contributed by atoms with Crippen molar-refractivity contribution >= 4 is 55.1 Å². The molecule has 4 heterocycles. The van der Waals surface area contributed by atoms with E-state index in [1.807, 2.05) is 31.2 Å². The molecule has 1 aliphatic heterocycles. The van der Waals surface area contributed by atoms with Gasteiger partial charge in [-0.3, -0.25) is 4.79 Å². The molecule has 194 valence electrons. The van der Waals surface area contributed by atoms with Crippen LogP contribution in [0.4, 0.5) is 5.69 Å². The van der Waals surface area contributed by atoms with Crippen molar-refractivity contribution in [2.24, 2.45) is 5.92 Å². The van der Waals surface area contributed by atoms with E-state index in [1.54, 1.807) is 24.8 Å². The molecule has 9 heteroatoms. The molecule has 4 aromatic rings. The van der Waals surface area contributed by atoms with Gasteiger partial charge < -0.3 is 14.8 Å². The maximum Gasteiger partial charge on any atom is 0.237 e. The van der Waals surface area contributed by atoms with E-state index in [4.69, 9.17) is 19.4 Å². The summed E-state index contributed by atoms with van der Waals surface area (Å²) in [4.78, 5) is 28.3. The van der Waals surface area contributed by atoms with Crippen LogP contribution < -0.4 is 10.1 Å². The fourth-order valence-corrected chi connectivity index (χ4v) is 6.78. The zero-order chi connectivity index (χ0) is 26.3. The Labute approximate surface area is 225 Å². The molecule has 0 bridgehead atoms. The molecule has 1 N–H and O–H groups in total. The second kappa shape index (κ2) is 10.2. The standard InChI is InChI=1S/C28H32N4O3S2/c1-15(2)11-21-20-13-35-28(4,5)12-19(20)22-23-24(37-26(22)32-21)27(30-14-29-23)36-16(3)25(33)31-17-7-9-18(34-6)10-8-17/h7-10,14-16H,11-13H2,1-6H3,(H,31,33)/t16-/m1/s1. The number of anilines is 1. The summed E-state index contributed by atoms with van der Waals surface area (Å²) in [7, 11) is 1.62. The van der Waals surface area contributed by atoms with Crippen LogP contribution in [0, 0.1) is 5.92 Å². The van der Waals surface area contributed by atoms with Crippen LogP contribution >= 0.6 is 23.1 Å². The fraction of sp³-hybridized carbons (Fsp3) is 0.429. The topological polar surface area (TPSA) is 86.2 Å². The number of nitrogens with one attached hydrogen (secondary N) is 1. The molecule has 0 spiro atoms. The third kappa shape index (κ3) is 5.30. The van der Waals surface area contributed by atoms with Gasteiger partial charge in [-0.15, -0.1) is 11.3 Å². The number of hydrogen-bond donors (Lipinski definition) is 1. The first-order valence-electron chi connectivity index (χ1n) is 12.5. The van der Waals surface area contributed by atoms with Gasteiger partial charge in [0, 0.05) is 28.8 Å². The van der Waals surface area contributed by atoms with E-state index in [0.29, 0.717) is 12.5 Å². The maximum atomic E-state index is 13.0. The van der Waals surface area contributed by atoms with E-state index >= 15 is 0 Å².